The van der Waals surface area contributed by atoms with Gasteiger partial charge >= 0.3 is 6.03 Å². The quantitative estimate of drug-likeness (QED) is 0.294. The Morgan fingerprint density at radius 3 is 2.45 bits per heavy atom. The SMILES string of the molecule is CCOc1cc(/C=C2/NC(=O)N(c3ccccc3)C2=O)cc(Br)c1OCc1ccc(Cl)cc1. The van der Waals surface area contributed by atoms with Crippen LogP contribution in [-0.2, 0) is 11.4 Å². The van der Waals surface area contributed by atoms with Crippen molar-refractivity contribution >= 4 is 51.2 Å². The second-order valence-electron chi connectivity index (χ2n) is 7.14. The molecule has 0 radical (unpaired) electrons. The Morgan fingerprint density at radius 2 is 1.76 bits per heavy atom. The lowest BCUT2D eigenvalue weighted by molar-refractivity contribution is -0.113. The fourth-order valence-electron chi connectivity index (χ4n) is 3.32. The van der Waals surface area contributed by atoms with Gasteiger partial charge in [-0.15, -0.1) is 0 Å². The third-order valence-electron chi connectivity index (χ3n) is 4.83. The summed E-state index contributed by atoms with van der Waals surface area (Å²) in [5.41, 5.74) is 2.31. The third-order valence-corrected chi connectivity index (χ3v) is 5.67. The van der Waals surface area contributed by atoms with Crippen molar-refractivity contribution in [3.8, 4) is 11.5 Å². The average molecular weight is 528 g/mol. The van der Waals surface area contributed by atoms with E-state index < -0.39 is 11.9 Å². The molecule has 1 aliphatic rings. The number of carbonyl (C=O) groups is 2. The molecule has 8 heteroatoms. The van der Waals surface area contributed by atoms with E-state index in [9.17, 15) is 9.59 Å². The van der Waals surface area contributed by atoms with Gasteiger partial charge in [-0.3, -0.25) is 4.79 Å². The molecule has 3 aromatic rings. The molecule has 3 aromatic carbocycles. The van der Waals surface area contributed by atoms with Crippen LogP contribution >= 0.6 is 27.5 Å². The van der Waals surface area contributed by atoms with Crippen LogP contribution in [0.15, 0.2) is 76.9 Å². The Labute approximate surface area is 204 Å². The molecule has 0 aromatic heterocycles. The number of halogens is 2. The summed E-state index contributed by atoms with van der Waals surface area (Å²) in [6.45, 7) is 2.64. The first-order valence-electron chi connectivity index (χ1n) is 10.2. The summed E-state index contributed by atoms with van der Waals surface area (Å²) >= 11 is 9.48. The topological polar surface area (TPSA) is 67.9 Å². The van der Waals surface area contributed by atoms with E-state index in [1.54, 1.807) is 54.6 Å². The zero-order chi connectivity index (χ0) is 23.4. The first-order chi connectivity index (χ1) is 16.0. The number of benzene rings is 3. The summed E-state index contributed by atoms with van der Waals surface area (Å²) in [4.78, 5) is 26.4. The van der Waals surface area contributed by atoms with Gasteiger partial charge in [0.2, 0.25) is 0 Å². The van der Waals surface area contributed by atoms with Gasteiger partial charge in [-0.05, 0) is 76.5 Å². The highest BCUT2D eigenvalue weighted by Gasteiger charge is 2.34. The van der Waals surface area contributed by atoms with Crippen molar-refractivity contribution in [2.45, 2.75) is 13.5 Å². The number of hydrogen-bond acceptors (Lipinski definition) is 4. The Bertz CT molecular complexity index is 1210. The van der Waals surface area contributed by atoms with Gasteiger partial charge in [0.15, 0.2) is 11.5 Å². The first-order valence-corrected chi connectivity index (χ1v) is 11.4. The van der Waals surface area contributed by atoms with Gasteiger partial charge in [0.1, 0.15) is 12.3 Å². The smallest absolute Gasteiger partial charge is 0.333 e. The molecule has 0 aliphatic carbocycles. The molecule has 0 unspecified atom stereocenters. The molecule has 3 amide bonds. The first kappa shape index (κ1) is 22.9. The minimum atomic E-state index is -0.496. The number of carbonyl (C=O) groups excluding carboxylic acids is 2. The Balaban J connectivity index is 1.59. The third kappa shape index (κ3) is 5.21. The van der Waals surface area contributed by atoms with Gasteiger partial charge in [0.05, 0.1) is 16.8 Å². The molecule has 1 saturated heterocycles. The van der Waals surface area contributed by atoms with Crippen LogP contribution in [0.25, 0.3) is 6.08 Å². The fourth-order valence-corrected chi connectivity index (χ4v) is 4.02. The van der Waals surface area contributed by atoms with E-state index in [1.807, 2.05) is 25.1 Å². The van der Waals surface area contributed by atoms with E-state index in [2.05, 4.69) is 21.2 Å². The van der Waals surface area contributed by atoms with Crippen LogP contribution in [-0.4, -0.2) is 18.5 Å². The number of imide groups is 1. The molecule has 0 atom stereocenters. The van der Waals surface area contributed by atoms with Crippen LogP contribution in [0.5, 0.6) is 11.5 Å². The van der Waals surface area contributed by atoms with Crippen LogP contribution in [0.1, 0.15) is 18.1 Å². The second kappa shape index (κ2) is 10.1. The number of hydrogen-bond donors (Lipinski definition) is 1. The Morgan fingerprint density at radius 1 is 1.03 bits per heavy atom. The normalized spacial score (nSPS) is 14.5. The van der Waals surface area contributed by atoms with Crippen LogP contribution < -0.4 is 19.7 Å². The molecule has 0 bridgehead atoms. The summed E-state index contributed by atoms with van der Waals surface area (Å²) < 4.78 is 12.4. The Hall–Kier alpha value is -3.29. The molecule has 6 nitrogen and oxygen atoms in total. The van der Waals surface area contributed by atoms with Crippen molar-refractivity contribution < 1.29 is 19.1 Å². The van der Waals surface area contributed by atoms with Crippen molar-refractivity contribution in [2.75, 3.05) is 11.5 Å². The molecule has 1 fully saturated rings. The second-order valence-corrected chi connectivity index (χ2v) is 8.43. The maximum Gasteiger partial charge on any atom is 0.333 e. The van der Waals surface area contributed by atoms with Crippen LogP contribution in [0.4, 0.5) is 10.5 Å². The Kier molecular flexibility index (Phi) is 7.01. The van der Waals surface area contributed by atoms with Crippen LogP contribution in [0, 0.1) is 0 Å². The highest BCUT2D eigenvalue weighted by molar-refractivity contribution is 9.10. The molecule has 0 spiro atoms. The molecule has 1 heterocycles. The van der Waals surface area contributed by atoms with Gasteiger partial charge in [0.25, 0.3) is 5.91 Å². The molecular weight excluding hydrogens is 508 g/mol. The molecule has 4 rings (SSSR count). The fraction of sp³-hybridized carbons (Fsp3) is 0.120. The van der Waals surface area contributed by atoms with E-state index in [1.165, 1.54) is 0 Å². The predicted octanol–water partition coefficient (Wildman–Crippen LogP) is 6.18. The lowest BCUT2D eigenvalue weighted by atomic mass is 10.1. The van der Waals surface area contributed by atoms with Crippen LogP contribution in [0.3, 0.4) is 0 Å². The van der Waals surface area contributed by atoms with Gasteiger partial charge in [-0.25, -0.2) is 9.69 Å². The summed E-state index contributed by atoms with van der Waals surface area (Å²) in [5.74, 6) is 0.634. The number of urea groups is 1. The number of nitrogens with one attached hydrogen (secondary N) is 1. The molecule has 168 valence electrons. The number of amides is 3. The van der Waals surface area contributed by atoms with Crippen LogP contribution in [0.2, 0.25) is 5.02 Å². The van der Waals surface area contributed by atoms with E-state index in [0.717, 1.165) is 10.5 Å². The summed E-state index contributed by atoms with van der Waals surface area (Å²) in [7, 11) is 0. The highest BCUT2D eigenvalue weighted by atomic mass is 79.9. The van der Waals surface area contributed by atoms with E-state index >= 15 is 0 Å². The highest BCUT2D eigenvalue weighted by Crippen LogP contribution is 2.38. The number of nitrogens with zero attached hydrogens (tertiary/aromatic N) is 1. The maximum absolute atomic E-state index is 12.9. The zero-order valence-electron chi connectivity index (χ0n) is 17.7. The largest absolute Gasteiger partial charge is 0.490 e. The maximum atomic E-state index is 12.9. The lowest BCUT2D eigenvalue weighted by Crippen LogP contribution is -2.30. The molecule has 1 aliphatic heterocycles. The monoisotopic (exact) mass is 526 g/mol. The summed E-state index contributed by atoms with van der Waals surface area (Å²) in [6.07, 6.45) is 1.61. The van der Waals surface area contributed by atoms with Gasteiger partial charge in [-0.2, -0.15) is 0 Å². The molecule has 1 N–H and O–H groups in total. The zero-order valence-corrected chi connectivity index (χ0v) is 20.0. The summed E-state index contributed by atoms with van der Waals surface area (Å²) in [5, 5.41) is 3.30. The minimum absolute atomic E-state index is 0.174. The van der Waals surface area contributed by atoms with E-state index in [0.29, 0.717) is 45.5 Å². The van der Waals surface area contributed by atoms with Gasteiger partial charge < -0.3 is 14.8 Å². The van der Waals surface area contributed by atoms with Gasteiger partial charge in [-0.1, -0.05) is 41.9 Å². The predicted molar refractivity (Wildman–Crippen MR) is 132 cm³/mol. The number of rotatable bonds is 7. The van der Waals surface area contributed by atoms with Crippen molar-refractivity contribution in [1.82, 2.24) is 5.32 Å². The number of anilines is 1. The molecular formula is C25H20BrClN2O4. The molecule has 0 saturated carbocycles. The van der Waals surface area contributed by atoms with E-state index in [-0.39, 0.29) is 5.70 Å². The van der Waals surface area contributed by atoms with Crippen molar-refractivity contribution in [3.05, 3.63) is 93.0 Å². The summed E-state index contributed by atoms with van der Waals surface area (Å²) in [6, 6.07) is 19.2. The van der Waals surface area contributed by atoms with Gasteiger partial charge in [0, 0.05) is 5.02 Å². The number of para-hydroxylation sites is 1. The molecule has 33 heavy (non-hydrogen) atoms. The van der Waals surface area contributed by atoms with Crippen molar-refractivity contribution in [3.63, 3.8) is 0 Å². The average Bonchev–Trinajstić information content (AvgIpc) is 3.08. The minimum Gasteiger partial charge on any atom is -0.490 e. The van der Waals surface area contributed by atoms with E-state index in [4.69, 9.17) is 21.1 Å². The lowest BCUT2D eigenvalue weighted by Gasteiger charge is -2.15. The standard InChI is InChI=1S/C25H20BrClN2O4/c1-2-32-22-14-17(12-20(26)23(22)33-15-16-8-10-18(27)11-9-16)13-21-24(30)29(25(31)28-21)19-6-4-3-5-7-19/h3-14H,2,15H2,1H3,(H,28,31)/b21-13+. The number of ether oxygens (including phenoxy) is 2. The van der Waals surface area contributed by atoms with Crippen molar-refractivity contribution in [2.24, 2.45) is 0 Å². The van der Waals surface area contributed by atoms with Crippen molar-refractivity contribution in [1.29, 1.82) is 0 Å².